The second-order valence-corrected chi connectivity index (χ2v) is 9.37. The molecule has 2 atom stereocenters. The van der Waals surface area contributed by atoms with Gasteiger partial charge in [0, 0.05) is 12.5 Å². The van der Waals surface area contributed by atoms with Crippen molar-refractivity contribution in [1.29, 1.82) is 0 Å². The number of rotatable bonds is 13. The highest BCUT2D eigenvalue weighted by Gasteiger charge is 2.40. The predicted octanol–water partition coefficient (Wildman–Crippen LogP) is 6.90. The van der Waals surface area contributed by atoms with E-state index in [0.29, 0.717) is 6.61 Å². The predicted molar refractivity (Wildman–Crippen MR) is 134 cm³/mol. The van der Waals surface area contributed by atoms with E-state index in [1.54, 1.807) is 0 Å². The quantitative estimate of drug-likeness (QED) is 0.346. The van der Waals surface area contributed by atoms with E-state index < -0.39 is 5.60 Å². The van der Waals surface area contributed by atoms with Crippen LogP contribution in [0.25, 0.3) is 0 Å². The monoisotopic (exact) mass is 437 g/mol. The number of unbranched alkanes of at least 4 members (excludes halogenated alkanes) is 4. The molecule has 1 aliphatic rings. The smallest absolute Gasteiger partial charge is 0.119 e. The average Bonchev–Trinajstić information content (AvgIpc) is 2.84. The Balaban J connectivity index is 1.91. The summed E-state index contributed by atoms with van der Waals surface area (Å²) in [5, 5.41) is 12.4. The molecule has 32 heavy (non-hydrogen) atoms. The van der Waals surface area contributed by atoms with Gasteiger partial charge in [-0.1, -0.05) is 87.9 Å². The first kappa shape index (κ1) is 24.8. The lowest BCUT2D eigenvalue weighted by atomic mass is 9.73. The van der Waals surface area contributed by atoms with Crippen LogP contribution >= 0.6 is 0 Å². The van der Waals surface area contributed by atoms with Crippen LogP contribution in [0.4, 0.5) is 0 Å². The summed E-state index contributed by atoms with van der Waals surface area (Å²) in [5.74, 6) is 0.916. The largest absolute Gasteiger partial charge is 0.494 e. The Kier molecular flexibility index (Phi) is 10.1. The standard InChI is InChI=1S/C29H43NO2/c1-3-5-6-7-12-21-29(31,26-17-19-27(20-18-26)32-4-2)28(25-15-10-8-11-16-25)24-30-22-13-9-14-23-30/h8,10-11,15-20,28,31H,3-7,9,12-14,21-24H2,1-2H3/t28-,29+/m1/s1. The van der Waals surface area contributed by atoms with Gasteiger partial charge in [0.2, 0.25) is 0 Å². The maximum Gasteiger partial charge on any atom is 0.119 e. The summed E-state index contributed by atoms with van der Waals surface area (Å²) in [4.78, 5) is 2.57. The zero-order valence-electron chi connectivity index (χ0n) is 20.3. The summed E-state index contributed by atoms with van der Waals surface area (Å²) >= 11 is 0. The van der Waals surface area contributed by atoms with E-state index in [2.05, 4.69) is 54.3 Å². The van der Waals surface area contributed by atoms with Crippen LogP contribution in [0.3, 0.4) is 0 Å². The number of nitrogens with zero attached hydrogens (tertiary/aromatic N) is 1. The molecule has 0 spiro atoms. The molecule has 3 heteroatoms. The van der Waals surface area contributed by atoms with Gasteiger partial charge in [-0.2, -0.15) is 0 Å². The molecule has 3 rings (SSSR count). The SMILES string of the molecule is CCCCCCC[C@](O)(c1ccc(OCC)cc1)[C@H](CN1CCCCC1)c1ccccc1. The molecule has 0 radical (unpaired) electrons. The zero-order valence-corrected chi connectivity index (χ0v) is 20.3. The fraction of sp³-hybridized carbons (Fsp3) is 0.586. The average molecular weight is 438 g/mol. The molecule has 0 unspecified atom stereocenters. The summed E-state index contributed by atoms with van der Waals surface area (Å²) < 4.78 is 5.68. The second kappa shape index (κ2) is 13.0. The molecule has 2 aromatic rings. The third-order valence-corrected chi connectivity index (χ3v) is 6.99. The lowest BCUT2D eigenvalue weighted by molar-refractivity contribution is -0.0168. The van der Waals surface area contributed by atoms with Crippen LogP contribution in [0.15, 0.2) is 54.6 Å². The highest BCUT2D eigenvalue weighted by atomic mass is 16.5. The van der Waals surface area contributed by atoms with Crippen LogP contribution in [-0.4, -0.2) is 36.2 Å². The van der Waals surface area contributed by atoms with Crippen LogP contribution in [-0.2, 0) is 5.60 Å². The van der Waals surface area contributed by atoms with Crippen molar-refractivity contribution in [1.82, 2.24) is 4.90 Å². The minimum absolute atomic E-state index is 0.0471. The molecule has 1 N–H and O–H groups in total. The molecule has 2 aromatic carbocycles. The number of piperidine rings is 1. The molecular formula is C29H43NO2. The molecule has 1 fully saturated rings. The van der Waals surface area contributed by atoms with Crippen molar-refractivity contribution in [3.63, 3.8) is 0 Å². The molecular weight excluding hydrogens is 394 g/mol. The first-order valence-corrected chi connectivity index (χ1v) is 12.9. The summed E-state index contributed by atoms with van der Waals surface area (Å²) in [6, 6.07) is 18.9. The molecule has 0 amide bonds. The van der Waals surface area contributed by atoms with Gasteiger partial charge in [-0.3, -0.25) is 0 Å². The molecule has 0 saturated carbocycles. The normalized spacial score (nSPS) is 17.6. The zero-order chi connectivity index (χ0) is 22.7. The van der Waals surface area contributed by atoms with Gasteiger partial charge in [0.1, 0.15) is 5.75 Å². The highest BCUT2D eigenvalue weighted by Crippen LogP contribution is 2.42. The maximum absolute atomic E-state index is 12.4. The number of aliphatic hydroxyl groups is 1. The molecule has 176 valence electrons. The Morgan fingerprint density at radius 2 is 1.56 bits per heavy atom. The molecule has 1 aliphatic heterocycles. The fourth-order valence-electron chi connectivity index (χ4n) is 5.14. The van der Waals surface area contributed by atoms with Gasteiger partial charge >= 0.3 is 0 Å². The number of ether oxygens (including phenoxy) is 1. The lowest BCUT2D eigenvalue weighted by Crippen LogP contribution is -2.42. The van der Waals surface area contributed by atoms with E-state index in [0.717, 1.165) is 43.8 Å². The van der Waals surface area contributed by atoms with Crippen LogP contribution in [0.2, 0.25) is 0 Å². The number of benzene rings is 2. The molecule has 1 saturated heterocycles. The van der Waals surface area contributed by atoms with E-state index in [-0.39, 0.29) is 5.92 Å². The molecule has 0 aromatic heterocycles. The highest BCUT2D eigenvalue weighted by molar-refractivity contribution is 5.35. The Hall–Kier alpha value is -1.84. The van der Waals surface area contributed by atoms with E-state index in [4.69, 9.17) is 4.74 Å². The topological polar surface area (TPSA) is 32.7 Å². The minimum atomic E-state index is -0.893. The molecule has 0 bridgehead atoms. The van der Waals surface area contributed by atoms with E-state index in [9.17, 15) is 5.11 Å². The third-order valence-electron chi connectivity index (χ3n) is 6.99. The summed E-state index contributed by atoms with van der Waals surface area (Å²) in [7, 11) is 0. The number of likely N-dealkylation sites (tertiary alicyclic amines) is 1. The van der Waals surface area contributed by atoms with Crippen LogP contribution in [0.5, 0.6) is 5.75 Å². The van der Waals surface area contributed by atoms with Crippen LogP contribution in [0.1, 0.15) is 88.7 Å². The Morgan fingerprint density at radius 1 is 0.875 bits per heavy atom. The van der Waals surface area contributed by atoms with Gasteiger partial charge in [0.05, 0.1) is 12.2 Å². The first-order valence-electron chi connectivity index (χ1n) is 12.9. The second-order valence-electron chi connectivity index (χ2n) is 9.37. The summed E-state index contributed by atoms with van der Waals surface area (Å²) in [6.45, 7) is 8.09. The number of hydrogen-bond donors (Lipinski definition) is 1. The maximum atomic E-state index is 12.4. The van der Waals surface area contributed by atoms with Crippen molar-refractivity contribution >= 4 is 0 Å². The van der Waals surface area contributed by atoms with Crippen molar-refractivity contribution in [2.45, 2.75) is 83.2 Å². The van der Waals surface area contributed by atoms with Crippen LogP contribution in [0, 0.1) is 0 Å². The van der Waals surface area contributed by atoms with Crippen molar-refractivity contribution in [2.75, 3.05) is 26.2 Å². The Bertz CT molecular complexity index is 754. The Morgan fingerprint density at radius 3 is 2.22 bits per heavy atom. The van der Waals surface area contributed by atoms with Crippen molar-refractivity contribution in [3.8, 4) is 5.75 Å². The van der Waals surface area contributed by atoms with E-state index in [1.165, 1.54) is 50.5 Å². The summed E-state index contributed by atoms with van der Waals surface area (Å²) in [5.41, 5.74) is 1.36. The minimum Gasteiger partial charge on any atom is -0.494 e. The number of hydrogen-bond acceptors (Lipinski definition) is 3. The van der Waals surface area contributed by atoms with Crippen molar-refractivity contribution in [2.24, 2.45) is 0 Å². The van der Waals surface area contributed by atoms with Gasteiger partial charge in [-0.25, -0.2) is 0 Å². The fourth-order valence-corrected chi connectivity index (χ4v) is 5.14. The molecule has 3 nitrogen and oxygen atoms in total. The first-order chi connectivity index (χ1) is 15.7. The summed E-state index contributed by atoms with van der Waals surface area (Å²) in [6.07, 6.45) is 10.6. The Labute approximate surface area is 195 Å². The third kappa shape index (κ3) is 6.83. The van der Waals surface area contributed by atoms with Gasteiger partial charge in [0.25, 0.3) is 0 Å². The van der Waals surface area contributed by atoms with Gasteiger partial charge in [-0.05, 0) is 62.5 Å². The van der Waals surface area contributed by atoms with Gasteiger partial charge < -0.3 is 14.7 Å². The van der Waals surface area contributed by atoms with Gasteiger partial charge in [-0.15, -0.1) is 0 Å². The van der Waals surface area contributed by atoms with Crippen LogP contribution < -0.4 is 4.74 Å². The van der Waals surface area contributed by atoms with Crippen molar-refractivity contribution in [3.05, 3.63) is 65.7 Å². The van der Waals surface area contributed by atoms with Gasteiger partial charge in [0.15, 0.2) is 0 Å². The van der Waals surface area contributed by atoms with Crippen molar-refractivity contribution < 1.29 is 9.84 Å². The van der Waals surface area contributed by atoms with E-state index in [1.807, 2.05) is 19.1 Å². The van der Waals surface area contributed by atoms with E-state index >= 15 is 0 Å². The molecule has 0 aliphatic carbocycles. The molecule has 1 heterocycles. The lowest BCUT2D eigenvalue weighted by Gasteiger charge is -2.41.